The zero-order chi connectivity index (χ0) is 17.4. The van der Waals surface area contributed by atoms with E-state index in [0.29, 0.717) is 30.2 Å². The summed E-state index contributed by atoms with van der Waals surface area (Å²) in [6, 6.07) is 3.48. The normalized spacial score (nSPS) is 21.4. The molecule has 0 spiro atoms. The number of rotatable bonds is 2. The van der Waals surface area contributed by atoms with Crippen molar-refractivity contribution in [2.75, 3.05) is 24.3 Å². The average Bonchev–Trinajstić information content (AvgIpc) is 2.83. The van der Waals surface area contributed by atoms with Crippen molar-refractivity contribution in [1.82, 2.24) is 14.8 Å². The van der Waals surface area contributed by atoms with Crippen LogP contribution in [-0.2, 0) is 9.53 Å². The molecule has 3 N–H and O–H groups in total. The summed E-state index contributed by atoms with van der Waals surface area (Å²) in [6.07, 6.45) is 3.07. The molecule has 0 bridgehead atoms. The topological polar surface area (TPSA) is 109 Å². The average molecular weight is 362 g/mol. The molecule has 1 saturated heterocycles. The SMILES string of the molecule is O=C1CSC(c2ccc[nH]c2=O)c2c(n(C3CCOCC3)[nH]c2=O)N1. The summed E-state index contributed by atoms with van der Waals surface area (Å²) in [6.45, 7) is 1.23. The second-order valence-electron chi connectivity index (χ2n) is 6.11. The second kappa shape index (κ2) is 6.57. The van der Waals surface area contributed by atoms with Crippen molar-refractivity contribution in [2.24, 2.45) is 0 Å². The van der Waals surface area contributed by atoms with Gasteiger partial charge in [-0.3, -0.25) is 24.2 Å². The molecule has 8 nitrogen and oxygen atoms in total. The number of nitrogens with one attached hydrogen (secondary N) is 3. The number of hydrogen-bond donors (Lipinski definition) is 3. The van der Waals surface area contributed by atoms with Gasteiger partial charge in [0.05, 0.1) is 22.6 Å². The van der Waals surface area contributed by atoms with Crippen molar-refractivity contribution < 1.29 is 9.53 Å². The number of fused-ring (bicyclic) bond motifs is 1. The van der Waals surface area contributed by atoms with E-state index in [9.17, 15) is 14.4 Å². The van der Waals surface area contributed by atoms with Crippen LogP contribution in [-0.4, -0.2) is 39.6 Å². The fourth-order valence-corrected chi connectivity index (χ4v) is 4.49. The quantitative estimate of drug-likeness (QED) is 0.738. The first-order valence-electron chi connectivity index (χ1n) is 8.16. The summed E-state index contributed by atoms with van der Waals surface area (Å²) in [4.78, 5) is 39.7. The highest BCUT2D eigenvalue weighted by Gasteiger charge is 2.33. The largest absolute Gasteiger partial charge is 0.381 e. The number of amides is 1. The minimum absolute atomic E-state index is 0.0586. The van der Waals surface area contributed by atoms with Gasteiger partial charge in [0, 0.05) is 25.0 Å². The summed E-state index contributed by atoms with van der Waals surface area (Å²) in [5.41, 5.74) is 0.377. The van der Waals surface area contributed by atoms with Gasteiger partial charge >= 0.3 is 0 Å². The molecule has 1 amide bonds. The molecule has 2 aromatic heterocycles. The van der Waals surface area contributed by atoms with Gasteiger partial charge in [-0.05, 0) is 18.9 Å². The lowest BCUT2D eigenvalue weighted by molar-refractivity contribution is -0.113. The van der Waals surface area contributed by atoms with Gasteiger partial charge in [-0.15, -0.1) is 11.8 Å². The molecule has 132 valence electrons. The van der Waals surface area contributed by atoms with Crippen LogP contribution in [0.2, 0.25) is 0 Å². The van der Waals surface area contributed by atoms with E-state index < -0.39 is 5.25 Å². The van der Waals surface area contributed by atoms with Gasteiger partial charge in [0.1, 0.15) is 5.82 Å². The van der Waals surface area contributed by atoms with Gasteiger partial charge < -0.3 is 15.0 Å². The Labute approximate surface area is 146 Å². The molecule has 0 radical (unpaired) electrons. The number of aromatic nitrogens is 3. The number of anilines is 1. The number of aromatic amines is 2. The Hall–Kier alpha value is -2.26. The number of carbonyl (C=O) groups excluding carboxylic acids is 1. The summed E-state index contributed by atoms with van der Waals surface area (Å²) in [7, 11) is 0. The summed E-state index contributed by atoms with van der Waals surface area (Å²) in [5, 5.41) is 5.21. The Kier molecular flexibility index (Phi) is 4.26. The smallest absolute Gasteiger partial charge is 0.270 e. The zero-order valence-corrected chi connectivity index (χ0v) is 14.2. The molecule has 2 aliphatic rings. The van der Waals surface area contributed by atoms with Gasteiger partial charge in [0.15, 0.2) is 0 Å². The van der Waals surface area contributed by atoms with Crippen LogP contribution in [0.3, 0.4) is 0 Å². The Morgan fingerprint density at radius 2 is 1.96 bits per heavy atom. The van der Waals surface area contributed by atoms with Crippen LogP contribution in [0, 0.1) is 0 Å². The molecule has 1 fully saturated rings. The predicted octanol–water partition coefficient (Wildman–Crippen LogP) is 0.991. The summed E-state index contributed by atoms with van der Waals surface area (Å²) < 4.78 is 7.13. The number of ether oxygens (including phenoxy) is 1. The van der Waals surface area contributed by atoms with E-state index in [4.69, 9.17) is 4.74 Å². The van der Waals surface area contributed by atoms with E-state index in [1.54, 1.807) is 23.0 Å². The van der Waals surface area contributed by atoms with Crippen LogP contribution in [0.15, 0.2) is 27.9 Å². The van der Waals surface area contributed by atoms with Crippen molar-refractivity contribution in [1.29, 1.82) is 0 Å². The molecule has 1 unspecified atom stereocenters. The molecule has 4 heterocycles. The molecular formula is C16H18N4O4S. The van der Waals surface area contributed by atoms with Crippen LogP contribution in [0.4, 0.5) is 5.82 Å². The van der Waals surface area contributed by atoms with Crippen molar-refractivity contribution in [3.63, 3.8) is 0 Å². The van der Waals surface area contributed by atoms with Crippen molar-refractivity contribution in [3.8, 4) is 0 Å². The standard InChI is InChI=1S/C16H18N4O4S/c21-11-8-25-13(10-2-1-5-17-15(10)22)12-14(18-11)20(19-16(12)23)9-3-6-24-7-4-9/h1-2,5,9,13H,3-4,6-8H2,(H,17,22)(H,18,21)(H,19,23). The fraction of sp³-hybridized carbons (Fsp3) is 0.438. The van der Waals surface area contributed by atoms with Crippen LogP contribution in [0.1, 0.15) is 35.3 Å². The monoisotopic (exact) mass is 362 g/mol. The molecule has 2 aromatic rings. The Morgan fingerprint density at radius 1 is 1.16 bits per heavy atom. The Morgan fingerprint density at radius 3 is 2.72 bits per heavy atom. The number of pyridine rings is 1. The molecule has 2 aliphatic heterocycles. The first-order chi connectivity index (χ1) is 12.1. The van der Waals surface area contributed by atoms with Crippen LogP contribution < -0.4 is 16.4 Å². The summed E-state index contributed by atoms with van der Waals surface area (Å²) >= 11 is 1.29. The maximum Gasteiger partial charge on any atom is 0.270 e. The maximum absolute atomic E-state index is 12.7. The first kappa shape index (κ1) is 16.2. The van der Waals surface area contributed by atoms with Gasteiger partial charge in [-0.2, -0.15) is 0 Å². The van der Waals surface area contributed by atoms with E-state index in [1.165, 1.54) is 11.8 Å². The van der Waals surface area contributed by atoms with Gasteiger partial charge in [0.2, 0.25) is 5.91 Å². The van der Waals surface area contributed by atoms with Crippen LogP contribution in [0.5, 0.6) is 0 Å². The summed E-state index contributed by atoms with van der Waals surface area (Å²) in [5.74, 6) is 0.474. The Balaban J connectivity index is 1.86. The fourth-order valence-electron chi connectivity index (χ4n) is 3.35. The first-order valence-corrected chi connectivity index (χ1v) is 9.21. The highest BCUT2D eigenvalue weighted by Crippen LogP contribution is 2.39. The van der Waals surface area contributed by atoms with Crippen molar-refractivity contribution in [2.45, 2.75) is 24.1 Å². The number of H-pyrrole nitrogens is 2. The van der Waals surface area contributed by atoms with Crippen molar-refractivity contribution in [3.05, 3.63) is 50.2 Å². The predicted molar refractivity (Wildman–Crippen MR) is 94.1 cm³/mol. The second-order valence-corrected chi connectivity index (χ2v) is 7.20. The third kappa shape index (κ3) is 2.93. The van der Waals surface area contributed by atoms with E-state index >= 15 is 0 Å². The third-order valence-electron chi connectivity index (χ3n) is 4.55. The molecule has 0 aromatic carbocycles. The highest BCUT2D eigenvalue weighted by atomic mass is 32.2. The van der Waals surface area contributed by atoms with E-state index in [2.05, 4.69) is 15.4 Å². The molecule has 0 aliphatic carbocycles. The number of nitrogens with zero attached hydrogens (tertiary/aromatic N) is 1. The minimum Gasteiger partial charge on any atom is -0.381 e. The Bertz CT molecular complexity index is 909. The zero-order valence-electron chi connectivity index (χ0n) is 13.4. The van der Waals surface area contributed by atoms with E-state index in [0.717, 1.165) is 12.8 Å². The number of hydrogen-bond acceptors (Lipinski definition) is 5. The van der Waals surface area contributed by atoms with Gasteiger partial charge in [0.25, 0.3) is 11.1 Å². The van der Waals surface area contributed by atoms with Gasteiger partial charge in [-0.25, -0.2) is 0 Å². The number of carbonyl (C=O) groups is 1. The van der Waals surface area contributed by atoms with E-state index in [-0.39, 0.29) is 28.8 Å². The third-order valence-corrected chi connectivity index (χ3v) is 5.80. The number of thioether (sulfide) groups is 1. The van der Waals surface area contributed by atoms with Gasteiger partial charge in [-0.1, -0.05) is 6.07 Å². The van der Waals surface area contributed by atoms with E-state index in [1.807, 2.05) is 0 Å². The molecule has 9 heteroatoms. The lowest BCUT2D eigenvalue weighted by Crippen LogP contribution is -2.24. The maximum atomic E-state index is 12.7. The minimum atomic E-state index is -0.497. The molecule has 4 rings (SSSR count). The highest BCUT2D eigenvalue weighted by molar-refractivity contribution is 8.00. The lowest BCUT2D eigenvalue weighted by atomic mass is 10.1. The molecule has 0 saturated carbocycles. The molecular weight excluding hydrogens is 344 g/mol. The molecule has 1 atom stereocenters. The van der Waals surface area contributed by atoms with Crippen LogP contribution >= 0.6 is 11.8 Å². The lowest BCUT2D eigenvalue weighted by Gasteiger charge is -2.25. The van der Waals surface area contributed by atoms with Crippen LogP contribution in [0.25, 0.3) is 0 Å². The molecule has 25 heavy (non-hydrogen) atoms. The van der Waals surface area contributed by atoms with Crippen molar-refractivity contribution >= 4 is 23.5 Å².